The predicted octanol–water partition coefficient (Wildman–Crippen LogP) is -0.831. The van der Waals surface area contributed by atoms with Crippen molar-refractivity contribution in [3.05, 3.63) is 0 Å². The lowest BCUT2D eigenvalue weighted by Crippen LogP contribution is -2.50. The molecule has 16 heavy (non-hydrogen) atoms. The summed E-state index contributed by atoms with van der Waals surface area (Å²) in [6.07, 6.45) is 1.51. The Morgan fingerprint density at radius 3 is 2.69 bits per heavy atom. The highest BCUT2D eigenvalue weighted by atomic mass is 16.3. The molecular weight excluding hydrogens is 206 g/mol. The number of hydrogen-bond donors (Lipinski definition) is 3. The third-order valence-electron chi connectivity index (χ3n) is 2.89. The standard InChI is InChI=1S/C11H23N3O2/c1-3-13-10(15)8-14(2)9-11(16)4-6-12-7-5-11/h12,16H,3-9H2,1-2H3,(H,13,15). The summed E-state index contributed by atoms with van der Waals surface area (Å²) in [6, 6.07) is 0. The fourth-order valence-corrected chi connectivity index (χ4v) is 2.11. The number of piperidine rings is 1. The number of carbonyl (C=O) groups is 1. The summed E-state index contributed by atoms with van der Waals surface area (Å²) in [5.41, 5.74) is -0.632. The quantitative estimate of drug-likeness (QED) is 0.576. The van der Waals surface area contributed by atoms with Crippen LogP contribution in [0.15, 0.2) is 0 Å². The molecule has 1 amide bonds. The first-order valence-corrected chi connectivity index (χ1v) is 5.94. The third-order valence-corrected chi connectivity index (χ3v) is 2.89. The molecular formula is C11H23N3O2. The minimum absolute atomic E-state index is 0.0162. The van der Waals surface area contributed by atoms with E-state index in [0.717, 1.165) is 25.9 Å². The van der Waals surface area contributed by atoms with Crippen LogP contribution in [0.5, 0.6) is 0 Å². The molecule has 0 saturated carbocycles. The van der Waals surface area contributed by atoms with Crippen LogP contribution in [-0.4, -0.2) is 61.3 Å². The molecule has 0 radical (unpaired) electrons. The zero-order valence-electron chi connectivity index (χ0n) is 10.3. The fourth-order valence-electron chi connectivity index (χ4n) is 2.11. The summed E-state index contributed by atoms with van der Waals surface area (Å²) in [5, 5.41) is 16.2. The molecule has 1 aliphatic rings. The Labute approximate surface area is 97.2 Å². The van der Waals surface area contributed by atoms with Gasteiger partial charge in [0.1, 0.15) is 0 Å². The molecule has 1 heterocycles. The van der Waals surface area contributed by atoms with Gasteiger partial charge in [0.15, 0.2) is 0 Å². The Kier molecular flexibility index (Phi) is 5.18. The molecule has 0 unspecified atom stereocenters. The normalized spacial score (nSPS) is 19.8. The maximum atomic E-state index is 11.4. The number of rotatable bonds is 5. The number of amides is 1. The number of nitrogens with one attached hydrogen (secondary N) is 2. The van der Waals surface area contributed by atoms with Crippen LogP contribution >= 0.6 is 0 Å². The van der Waals surface area contributed by atoms with Gasteiger partial charge in [0.2, 0.25) is 5.91 Å². The van der Waals surface area contributed by atoms with Crippen molar-refractivity contribution in [3.8, 4) is 0 Å². The van der Waals surface area contributed by atoms with E-state index >= 15 is 0 Å². The largest absolute Gasteiger partial charge is 0.388 e. The van der Waals surface area contributed by atoms with Gasteiger partial charge in [0.25, 0.3) is 0 Å². The van der Waals surface area contributed by atoms with E-state index in [9.17, 15) is 9.90 Å². The second-order valence-electron chi connectivity index (χ2n) is 4.60. The average molecular weight is 229 g/mol. The third kappa shape index (κ3) is 4.47. The Morgan fingerprint density at radius 2 is 2.12 bits per heavy atom. The fraction of sp³-hybridized carbons (Fsp3) is 0.909. The number of nitrogens with zero attached hydrogens (tertiary/aromatic N) is 1. The molecule has 0 aromatic rings. The Balaban J connectivity index is 2.31. The van der Waals surface area contributed by atoms with Crippen LogP contribution in [0, 0.1) is 0 Å². The first-order valence-electron chi connectivity index (χ1n) is 5.94. The molecule has 1 fully saturated rings. The first kappa shape index (κ1) is 13.4. The molecule has 0 bridgehead atoms. The van der Waals surface area contributed by atoms with Crippen molar-refractivity contribution in [2.45, 2.75) is 25.4 Å². The second kappa shape index (κ2) is 6.18. The van der Waals surface area contributed by atoms with Crippen LogP contribution in [-0.2, 0) is 4.79 Å². The van der Waals surface area contributed by atoms with Crippen LogP contribution in [0.3, 0.4) is 0 Å². The van der Waals surface area contributed by atoms with Crippen LogP contribution in [0.1, 0.15) is 19.8 Å². The van der Waals surface area contributed by atoms with Gasteiger partial charge in [-0.3, -0.25) is 9.69 Å². The van der Waals surface area contributed by atoms with Crippen molar-refractivity contribution >= 4 is 5.91 Å². The smallest absolute Gasteiger partial charge is 0.234 e. The maximum absolute atomic E-state index is 11.4. The summed E-state index contributed by atoms with van der Waals surface area (Å²) in [4.78, 5) is 13.2. The van der Waals surface area contributed by atoms with Gasteiger partial charge in [-0.25, -0.2) is 0 Å². The van der Waals surface area contributed by atoms with Gasteiger partial charge in [-0.1, -0.05) is 0 Å². The van der Waals surface area contributed by atoms with Gasteiger partial charge in [0.05, 0.1) is 12.1 Å². The molecule has 5 nitrogen and oxygen atoms in total. The zero-order valence-corrected chi connectivity index (χ0v) is 10.3. The molecule has 94 valence electrons. The molecule has 0 aliphatic carbocycles. The van der Waals surface area contributed by atoms with Crippen molar-refractivity contribution in [3.63, 3.8) is 0 Å². The van der Waals surface area contributed by atoms with Crippen LogP contribution in [0.25, 0.3) is 0 Å². The SMILES string of the molecule is CCNC(=O)CN(C)CC1(O)CCNCC1. The van der Waals surface area contributed by atoms with Gasteiger partial charge in [-0.2, -0.15) is 0 Å². The lowest BCUT2D eigenvalue weighted by molar-refractivity contribution is -0.122. The van der Waals surface area contributed by atoms with E-state index in [0.29, 0.717) is 19.6 Å². The van der Waals surface area contributed by atoms with E-state index < -0.39 is 5.60 Å². The Bertz CT molecular complexity index is 227. The molecule has 5 heteroatoms. The van der Waals surface area contributed by atoms with Crippen molar-refractivity contribution in [2.24, 2.45) is 0 Å². The predicted molar refractivity (Wildman–Crippen MR) is 63.2 cm³/mol. The Morgan fingerprint density at radius 1 is 1.50 bits per heavy atom. The first-order chi connectivity index (χ1) is 7.56. The summed E-state index contributed by atoms with van der Waals surface area (Å²) < 4.78 is 0. The van der Waals surface area contributed by atoms with Crippen LogP contribution in [0.2, 0.25) is 0 Å². The van der Waals surface area contributed by atoms with E-state index in [4.69, 9.17) is 0 Å². The molecule has 3 N–H and O–H groups in total. The topological polar surface area (TPSA) is 64.6 Å². The number of likely N-dealkylation sites (N-methyl/N-ethyl adjacent to an activating group) is 2. The molecule has 0 aromatic carbocycles. The van der Waals surface area contributed by atoms with Crippen LogP contribution < -0.4 is 10.6 Å². The molecule has 0 spiro atoms. The summed E-state index contributed by atoms with van der Waals surface area (Å²) in [7, 11) is 1.87. The summed E-state index contributed by atoms with van der Waals surface area (Å²) in [5.74, 6) is 0.0162. The molecule has 0 aromatic heterocycles. The van der Waals surface area contributed by atoms with Crippen molar-refractivity contribution in [1.82, 2.24) is 15.5 Å². The molecule has 0 atom stereocenters. The second-order valence-corrected chi connectivity index (χ2v) is 4.60. The lowest BCUT2D eigenvalue weighted by Gasteiger charge is -2.35. The van der Waals surface area contributed by atoms with Gasteiger partial charge in [0, 0.05) is 13.1 Å². The Hall–Kier alpha value is -0.650. The molecule has 1 saturated heterocycles. The lowest BCUT2D eigenvalue weighted by atomic mass is 9.92. The summed E-state index contributed by atoms with van der Waals surface area (Å²) in [6.45, 7) is 5.17. The van der Waals surface area contributed by atoms with Gasteiger partial charge in [-0.05, 0) is 39.9 Å². The number of aliphatic hydroxyl groups is 1. The highest BCUT2D eigenvalue weighted by molar-refractivity contribution is 5.77. The maximum Gasteiger partial charge on any atom is 0.234 e. The minimum Gasteiger partial charge on any atom is -0.388 e. The van der Waals surface area contributed by atoms with Crippen molar-refractivity contribution in [1.29, 1.82) is 0 Å². The van der Waals surface area contributed by atoms with E-state index in [1.54, 1.807) is 0 Å². The van der Waals surface area contributed by atoms with Crippen molar-refractivity contribution in [2.75, 3.05) is 39.8 Å². The minimum atomic E-state index is -0.632. The number of hydrogen-bond acceptors (Lipinski definition) is 4. The highest BCUT2D eigenvalue weighted by Crippen LogP contribution is 2.18. The van der Waals surface area contributed by atoms with Gasteiger partial charge in [-0.15, -0.1) is 0 Å². The number of carbonyl (C=O) groups excluding carboxylic acids is 1. The van der Waals surface area contributed by atoms with E-state index in [1.165, 1.54) is 0 Å². The van der Waals surface area contributed by atoms with Crippen molar-refractivity contribution < 1.29 is 9.90 Å². The average Bonchev–Trinajstić information content (AvgIpc) is 2.17. The zero-order chi connectivity index (χ0) is 12.0. The van der Waals surface area contributed by atoms with Gasteiger partial charge >= 0.3 is 0 Å². The van der Waals surface area contributed by atoms with E-state index in [-0.39, 0.29) is 5.91 Å². The summed E-state index contributed by atoms with van der Waals surface area (Å²) >= 11 is 0. The van der Waals surface area contributed by atoms with Crippen LogP contribution in [0.4, 0.5) is 0 Å². The van der Waals surface area contributed by atoms with E-state index in [2.05, 4.69) is 10.6 Å². The monoisotopic (exact) mass is 229 g/mol. The molecule has 1 aliphatic heterocycles. The van der Waals surface area contributed by atoms with E-state index in [1.807, 2.05) is 18.9 Å². The van der Waals surface area contributed by atoms with Gasteiger partial charge < -0.3 is 15.7 Å². The molecule has 1 rings (SSSR count). The highest BCUT2D eigenvalue weighted by Gasteiger charge is 2.30.